The van der Waals surface area contributed by atoms with Gasteiger partial charge in [0.1, 0.15) is 17.5 Å². The number of anilines is 1. The molecule has 0 radical (unpaired) electrons. The number of ether oxygens (including phenoxy) is 1. The van der Waals surface area contributed by atoms with Crippen LogP contribution in [0.3, 0.4) is 0 Å². The Hall–Kier alpha value is -3.83. The summed E-state index contributed by atoms with van der Waals surface area (Å²) in [6.07, 6.45) is -3.38. The maximum Gasteiger partial charge on any atom is 0.573 e. The van der Waals surface area contributed by atoms with Gasteiger partial charge in [0.25, 0.3) is 11.5 Å². The van der Waals surface area contributed by atoms with Gasteiger partial charge in [0.05, 0.1) is 6.61 Å². The Morgan fingerprint density at radius 2 is 1.76 bits per heavy atom. The molecule has 0 saturated carbocycles. The zero-order chi connectivity index (χ0) is 26.7. The maximum atomic E-state index is 13.5. The molecule has 3 aromatic rings. The van der Waals surface area contributed by atoms with E-state index in [4.69, 9.17) is 11.6 Å². The first-order valence-corrected chi connectivity index (χ1v) is 11.5. The molecule has 2 heterocycles. The second-order valence-electron chi connectivity index (χ2n) is 8.25. The van der Waals surface area contributed by atoms with Gasteiger partial charge in [0.2, 0.25) is 5.91 Å². The number of pyridine rings is 1. The standard InChI is InChI=1S/C25H21ClF3N3O5/c26-17-7-3-15(4-8-17)19-14-32(20-2-1-11-31(12-13-33)23(20)35)24(36)21(19)30-22(34)16-5-9-18(10-6-16)37-25(27,28)29/h1-11,19,21,33H,12-14H2,(H,30,34)/t19-,21-/m0/s1. The topological polar surface area (TPSA) is 101 Å². The molecule has 1 aliphatic rings. The van der Waals surface area contributed by atoms with E-state index in [1.54, 1.807) is 30.3 Å². The lowest BCUT2D eigenvalue weighted by Gasteiger charge is -2.19. The fourth-order valence-corrected chi connectivity index (χ4v) is 4.29. The van der Waals surface area contributed by atoms with Crippen molar-refractivity contribution in [2.45, 2.75) is 24.9 Å². The summed E-state index contributed by atoms with van der Waals surface area (Å²) in [5, 5.41) is 12.4. The highest BCUT2D eigenvalue weighted by Crippen LogP contribution is 2.32. The van der Waals surface area contributed by atoms with Crippen molar-refractivity contribution in [2.75, 3.05) is 18.1 Å². The predicted molar refractivity (Wildman–Crippen MR) is 129 cm³/mol. The minimum atomic E-state index is -4.87. The average molecular weight is 536 g/mol. The number of aliphatic hydroxyl groups is 1. The molecular formula is C25H21ClF3N3O5. The van der Waals surface area contributed by atoms with Crippen LogP contribution in [-0.2, 0) is 11.3 Å². The summed E-state index contributed by atoms with van der Waals surface area (Å²) in [6.45, 7) is -0.151. The number of amides is 2. The lowest BCUT2D eigenvalue weighted by atomic mass is 9.94. The van der Waals surface area contributed by atoms with E-state index in [-0.39, 0.29) is 30.9 Å². The van der Waals surface area contributed by atoms with Gasteiger partial charge in [-0.15, -0.1) is 13.2 Å². The van der Waals surface area contributed by atoms with Gasteiger partial charge in [-0.1, -0.05) is 23.7 Å². The first-order valence-electron chi connectivity index (χ1n) is 11.1. The third-order valence-corrected chi connectivity index (χ3v) is 6.13. The summed E-state index contributed by atoms with van der Waals surface area (Å²) >= 11 is 6.00. The maximum absolute atomic E-state index is 13.5. The van der Waals surface area contributed by atoms with Gasteiger partial charge in [0.15, 0.2) is 0 Å². The summed E-state index contributed by atoms with van der Waals surface area (Å²) in [5.41, 5.74) is 0.309. The Balaban J connectivity index is 1.63. The normalized spacial score (nSPS) is 17.6. The Bertz CT molecular complexity index is 1340. The molecule has 2 aromatic carbocycles. The first kappa shape index (κ1) is 26.2. The van der Waals surface area contributed by atoms with E-state index in [1.165, 1.54) is 21.7 Å². The molecule has 0 bridgehead atoms. The summed E-state index contributed by atoms with van der Waals surface area (Å²) in [4.78, 5) is 40.7. The van der Waals surface area contributed by atoms with Crippen molar-refractivity contribution < 1.29 is 32.6 Å². The lowest BCUT2D eigenvalue weighted by molar-refractivity contribution is -0.274. The van der Waals surface area contributed by atoms with Crippen molar-refractivity contribution in [3.8, 4) is 5.75 Å². The number of nitrogens with zero attached hydrogens (tertiary/aromatic N) is 2. The summed E-state index contributed by atoms with van der Waals surface area (Å²) in [5.74, 6) is -2.28. The van der Waals surface area contributed by atoms with Gasteiger partial charge in [-0.25, -0.2) is 0 Å². The van der Waals surface area contributed by atoms with Crippen LogP contribution in [0.25, 0.3) is 0 Å². The highest BCUT2D eigenvalue weighted by Gasteiger charge is 2.43. The second kappa shape index (κ2) is 10.7. The van der Waals surface area contributed by atoms with E-state index in [0.29, 0.717) is 10.6 Å². The molecule has 2 amide bonds. The van der Waals surface area contributed by atoms with E-state index in [0.717, 1.165) is 24.3 Å². The van der Waals surface area contributed by atoms with E-state index < -0.39 is 41.4 Å². The molecular weight excluding hydrogens is 515 g/mol. The van der Waals surface area contributed by atoms with Crippen LogP contribution in [0, 0.1) is 0 Å². The van der Waals surface area contributed by atoms with Gasteiger partial charge in [0, 0.05) is 35.8 Å². The molecule has 0 unspecified atom stereocenters. The van der Waals surface area contributed by atoms with E-state index in [1.807, 2.05) is 0 Å². The quantitative estimate of drug-likeness (QED) is 0.483. The summed E-state index contributed by atoms with van der Waals surface area (Å²) in [6, 6.07) is 13.0. The third-order valence-electron chi connectivity index (χ3n) is 5.88. The Morgan fingerprint density at radius 1 is 1.08 bits per heavy atom. The lowest BCUT2D eigenvalue weighted by Crippen LogP contribution is -2.44. The van der Waals surface area contributed by atoms with Crippen molar-refractivity contribution in [3.05, 3.63) is 93.4 Å². The molecule has 1 fully saturated rings. The number of aromatic nitrogens is 1. The van der Waals surface area contributed by atoms with Gasteiger partial charge in [-0.3, -0.25) is 14.4 Å². The fourth-order valence-electron chi connectivity index (χ4n) is 4.17. The van der Waals surface area contributed by atoms with Gasteiger partial charge >= 0.3 is 6.36 Å². The third kappa shape index (κ3) is 5.95. The number of aliphatic hydroxyl groups excluding tert-OH is 1. The number of hydrogen-bond donors (Lipinski definition) is 2. The Morgan fingerprint density at radius 3 is 2.38 bits per heavy atom. The zero-order valence-electron chi connectivity index (χ0n) is 19.1. The molecule has 2 atom stereocenters. The predicted octanol–water partition coefficient (Wildman–Crippen LogP) is 3.32. The van der Waals surface area contributed by atoms with Crippen LogP contribution in [0.4, 0.5) is 18.9 Å². The minimum Gasteiger partial charge on any atom is -0.406 e. The highest BCUT2D eigenvalue weighted by molar-refractivity contribution is 6.30. The SMILES string of the molecule is O=C(N[C@@H]1C(=O)N(c2cccn(CCO)c2=O)C[C@H]1c1ccc(Cl)cc1)c1ccc(OC(F)(F)F)cc1. The van der Waals surface area contributed by atoms with Gasteiger partial charge < -0.3 is 24.6 Å². The van der Waals surface area contributed by atoms with Crippen LogP contribution in [0.1, 0.15) is 21.8 Å². The summed E-state index contributed by atoms with van der Waals surface area (Å²) < 4.78 is 42.4. The van der Waals surface area contributed by atoms with Crippen molar-refractivity contribution >= 4 is 29.1 Å². The molecule has 37 heavy (non-hydrogen) atoms. The number of hydrogen-bond acceptors (Lipinski definition) is 5. The van der Waals surface area contributed by atoms with Crippen molar-refractivity contribution in [1.82, 2.24) is 9.88 Å². The zero-order valence-corrected chi connectivity index (χ0v) is 19.9. The molecule has 1 saturated heterocycles. The van der Waals surface area contributed by atoms with Crippen LogP contribution in [0.15, 0.2) is 71.7 Å². The number of carbonyl (C=O) groups excluding carboxylic acids is 2. The highest BCUT2D eigenvalue weighted by atomic mass is 35.5. The number of nitrogens with one attached hydrogen (secondary N) is 1. The molecule has 0 spiro atoms. The number of halogens is 4. The van der Waals surface area contributed by atoms with Gasteiger partial charge in [-0.2, -0.15) is 0 Å². The first-order chi connectivity index (χ1) is 17.6. The van der Waals surface area contributed by atoms with E-state index in [9.17, 15) is 32.7 Å². The van der Waals surface area contributed by atoms with E-state index >= 15 is 0 Å². The van der Waals surface area contributed by atoms with Crippen LogP contribution in [0.2, 0.25) is 5.02 Å². The smallest absolute Gasteiger partial charge is 0.406 e. The Kier molecular flexibility index (Phi) is 7.55. The van der Waals surface area contributed by atoms with E-state index in [2.05, 4.69) is 10.1 Å². The molecule has 4 rings (SSSR count). The van der Waals surface area contributed by atoms with Crippen molar-refractivity contribution in [3.63, 3.8) is 0 Å². The van der Waals surface area contributed by atoms with Crippen LogP contribution in [0.5, 0.6) is 5.75 Å². The fraction of sp³-hybridized carbons (Fsp3) is 0.240. The average Bonchev–Trinajstić information content (AvgIpc) is 3.16. The van der Waals surface area contributed by atoms with Crippen LogP contribution < -0.4 is 20.5 Å². The Labute approximate surface area is 213 Å². The number of rotatable bonds is 7. The van der Waals surface area contributed by atoms with Crippen LogP contribution in [-0.4, -0.2) is 47.0 Å². The molecule has 0 aliphatic carbocycles. The number of carbonyl (C=O) groups is 2. The molecule has 1 aromatic heterocycles. The van der Waals surface area contributed by atoms with Gasteiger partial charge in [-0.05, 0) is 54.1 Å². The largest absolute Gasteiger partial charge is 0.573 e. The molecule has 1 aliphatic heterocycles. The minimum absolute atomic E-state index is 0.0145. The molecule has 8 nitrogen and oxygen atoms in total. The van der Waals surface area contributed by atoms with Crippen molar-refractivity contribution in [1.29, 1.82) is 0 Å². The van der Waals surface area contributed by atoms with Crippen LogP contribution >= 0.6 is 11.6 Å². The molecule has 194 valence electrons. The molecule has 12 heteroatoms. The second-order valence-corrected chi connectivity index (χ2v) is 8.68. The molecule has 2 N–H and O–H groups in total. The monoisotopic (exact) mass is 535 g/mol. The number of alkyl halides is 3. The number of benzene rings is 2. The summed E-state index contributed by atoms with van der Waals surface area (Å²) in [7, 11) is 0. The van der Waals surface area contributed by atoms with Crippen molar-refractivity contribution in [2.24, 2.45) is 0 Å².